The quantitative estimate of drug-likeness (QED) is 0.650. The molecule has 6 nitrogen and oxygen atoms in total. The molecule has 1 atom stereocenters. The van der Waals surface area contributed by atoms with Crippen LogP contribution in [0.25, 0.3) is 0 Å². The average Bonchev–Trinajstić information content (AvgIpc) is 2.97. The lowest BCUT2D eigenvalue weighted by atomic mass is 10.1. The molecule has 1 unspecified atom stereocenters. The molecular weight excluding hydrogens is 264 g/mol. The molecular formula is C12H16N4O2S. The molecule has 7 heteroatoms. The summed E-state index contributed by atoms with van der Waals surface area (Å²) in [5.41, 5.74) is 0.0140. The lowest BCUT2D eigenvalue weighted by Crippen LogP contribution is -2.10. The van der Waals surface area contributed by atoms with Crippen molar-refractivity contribution in [2.45, 2.75) is 25.8 Å². The Balaban J connectivity index is 2.24. The van der Waals surface area contributed by atoms with Gasteiger partial charge in [0.25, 0.3) is 0 Å². The highest BCUT2D eigenvalue weighted by Gasteiger charge is 2.22. The Morgan fingerprint density at radius 3 is 3.00 bits per heavy atom. The van der Waals surface area contributed by atoms with Gasteiger partial charge >= 0.3 is 5.69 Å². The number of anilines is 1. The third kappa shape index (κ3) is 3.11. The van der Waals surface area contributed by atoms with Crippen molar-refractivity contribution >= 4 is 22.8 Å². The van der Waals surface area contributed by atoms with E-state index >= 15 is 0 Å². The maximum absolute atomic E-state index is 11.0. The predicted molar refractivity (Wildman–Crippen MR) is 75.5 cm³/mol. The molecule has 0 aliphatic heterocycles. The van der Waals surface area contributed by atoms with E-state index in [1.165, 1.54) is 15.8 Å². The average molecular weight is 280 g/mol. The summed E-state index contributed by atoms with van der Waals surface area (Å²) in [7, 11) is 1.68. The zero-order chi connectivity index (χ0) is 13.8. The number of nitro groups is 1. The van der Waals surface area contributed by atoms with Crippen LogP contribution in [0.15, 0.2) is 23.7 Å². The fourth-order valence-electron chi connectivity index (χ4n) is 1.94. The maximum Gasteiger partial charge on any atom is 0.330 e. The molecule has 19 heavy (non-hydrogen) atoms. The minimum atomic E-state index is -0.410. The van der Waals surface area contributed by atoms with E-state index in [1.54, 1.807) is 18.4 Å². The van der Waals surface area contributed by atoms with Gasteiger partial charge in [-0.1, -0.05) is 19.4 Å². The molecule has 2 aromatic heterocycles. The van der Waals surface area contributed by atoms with Crippen molar-refractivity contribution in [3.05, 3.63) is 38.7 Å². The van der Waals surface area contributed by atoms with Crippen LogP contribution in [-0.2, 0) is 7.05 Å². The van der Waals surface area contributed by atoms with Gasteiger partial charge in [-0.15, -0.1) is 16.4 Å². The highest BCUT2D eigenvalue weighted by molar-refractivity contribution is 7.10. The summed E-state index contributed by atoms with van der Waals surface area (Å²) >= 11 is 1.64. The number of nitrogens with zero attached hydrogens (tertiary/aromatic N) is 3. The Bertz CT molecular complexity index is 550. The molecule has 2 rings (SSSR count). The Morgan fingerprint density at radius 1 is 1.63 bits per heavy atom. The van der Waals surface area contributed by atoms with Gasteiger partial charge in [0.05, 0.1) is 11.0 Å². The van der Waals surface area contributed by atoms with E-state index in [9.17, 15) is 10.1 Å². The van der Waals surface area contributed by atoms with Crippen molar-refractivity contribution in [2.75, 3.05) is 5.32 Å². The summed E-state index contributed by atoms with van der Waals surface area (Å²) in [5.74, 6) is 0.333. The Hall–Kier alpha value is -1.89. The highest BCUT2D eigenvalue weighted by Crippen LogP contribution is 2.30. The Labute approximate surface area is 115 Å². The number of thiophene rings is 1. The first-order valence-electron chi connectivity index (χ1n) is 6.09. The van der Waals surface area contributed by atoms with Crippen molar-refractivity contribution in [1.29, 1.82) is 0 Å². The van der Waals surface area contributed by atoms with Crippen molar-refractivity contribution in [2.24, 2.45) is 7.05 Å². The molecule has 0 spiro atoms. The first-order chi connectivity index (χ1) is 9.11. The second-order valence-corrected chi connectivity index (χ2v) is 5.27. The third-order valence-corrected chi connectivity index (χ3v) is 3.77. The molecule has 0 aliphatic carbocycles. The van der Waals surface area contributed by atoms with E-state index in [2.05, 4.69) is 17.3 Å². The predicted octanol–water partition coefficient (Wildman–Crippen LogP) is 3.34. The summed E-state index contributed by atoms with van der Waals surface area (Å²) in [4.78, 5) is 11.7. The second-order valence-electron chi connectivity index (χ2n) is 4.29. The molecule has 1 N–H and O–H groups in total. The zero-order valence-corrected chi connectivity index (χ0v) is 11.7. The van der Waals surface area contributed by atoms with Gasteiger partial charge in [-0.05, 0) is 17.9 Å². The van der Waals surface area contributed by atoms with Gasteiger partial charge in [0, 0.05) is 11.9 Å². The molecule has 0 saturated heterocycles. The molecule has 102 valence electrons. The smallest absolute Gasteiger partial charge is 0.330 e. The summed E-state index contributed by atoms with van der Waals surface area (Å²) < 4.78 is 1.46. The van der Waals surface area contributed by atoms with E-state index < -0.39 is 4.92 Å². The van der Waals surface area contributed by atoms with Gasteiger partial charge in [0.1, 0.15) is 6.20 Å². The number of rotatable bonds is 6. The second kappa shape index (κ2) is 5.83. The molecule has 0 aromatic carbocycles. The molecule has 0 radical (unpaired) electrons. The van der Waals surface area contributed by atoms with E-state index in [4.69, 9.17) is 0 Å². The zero-order valence-electron chi connectivity index (χ0n) is 10.9. The van der Waals surface area contributed by atoms with E-state index in [1.807, 2.05) is 17.5 Å². The first kappa shape index (κ1) is 13.5. The molecule has 0 amide bonds. The molecule has 2 heterocycles. The van der Waals surface area contributed by atoms with Gasteiger partial charge in [0.15, 0.2) is 0 Å². The van der Waals surface area contributed by atoms with E-state index in [0.29, 0.717) is 5.82 Å². The number of hydrogen-bond acceptors (Lipinski definition) is 5. The summed E-state index contributed by atoms with van der Waals surface area (Å²) in [6.07, 6.45) is 3.32. The van der Waals surface area contributed by atoms with Gasteiger partial charge in [-0.3, -0.25) is 14.8 Å². The molecule has 0 saturated carbocycles. The number of aromatic nitrogens is 2. The van der Waals surface area contributed by atoms with E-state index in [-0.39, 0.29) is 11.7 Å². The van der Waals surface area contributed by atoms with Crippen LogP contribution >= 0.6 is 11.3 Å². The first-order valence-corrected chi connectivity index (χ1v) is 6.97. The van der Waals surface area contributed by atoms with Crippen LogP contribution in [0, 0.1) is 10.1 Å². The fourth-order valence-corrected chi connectivity index (χ4v) is 2.75. The van der Waals surface area contributed by atoms with Gasteiger partial charge in [-0.2, -0.15) is 0 Å². The minimum absolute atomic E-state index is 0.0140. The van der Waals surface area contributed by atoms with Gasteiger partial charge < -0.3 is 5.32 Å². The van der Waals surface area contributed by atoms with Crippen molar-refractivity contribution in [3.63, 3.8) is 0 Å². The largest absolute Gasteiger partial charge is 0.355 e. The van der Waals surface area contributed by atoms with Crippen LogP contribution in [-0.4, -0.2) is 14.7 Å². The fraction of sp³-hybridized carbons (Fsp3) is 0.417. The van der Waals surface area contributed by atoms with Crippen LogP contribution < -0.4 is 5.32 Å². The lowest BCUT2D eigenvalue weighted by Gasteiger charge is -2.15. The highest BCUT2D eigenvalue weighted by atomic mass is 32.1. The molecule has 0 bridgehead atoms. The summed E-state index contributed by atoms with van der Waals surface area (Å²) in [6.45, 7) is 2.09. The monoisotopic (exact) mass is 280 g/mol. The van der Waals surface area contributed by atoms with Crippen LogP contribution in [0.3, 0.4) is 0 Å². The van der Waals surface area contributed by atoms with Crippen LogP contribution in [0.1, 0.15) is 30.7 Å². The molecule has 0 aliphatic rings. The SMILES string of the molecule is CCCC(Nc1nn(C)cc1[N+](=O)[O-])c1cccs1. The Kier molecular flexibility index (Phi) is 4.16. The van der Waals surface area contributed by atoms with Crippen LogP contribution in [0.4, 0.5) is 11.5 Å². The van der Waals surface area contributed by atoms with Crippen molar-refractivity contribution in [1.82, 2.24) is 9.78 Å². The van der Waals surface area contributed by atoms with E-state index in [0.717, 1.165) is 12.8 Å². The third-order valence-electron chi connectivity index (χ3n) is 2.78. The minimum Gasteiger partial charge on any atom is -0.355 e. The molecule has 0 fully saturated rings. The Morgan fingerprint density at radius 2 is 2.42 bits per heavy atom. The summed E-state index contributed by atoms with van der Waals surface area (Å²) in [5, 5.41) is 20.3. The standard InChI is InChI=1S/C12H16N4O2S/c1-3-5-9(11-6-4-7-19-11)13-12-10(16(17)18)8-15(2)14-12/h4,6-9H,3,5H2,1-2H3,(H,13,14). The topological polar surface area (TPSA) is 73.0 Å². The van der Waals surface area contributed by atoms with Crippen molar-refractivity contribution in [3.8, 4) is 0 Å². The molecule has 2 aromatic rings. The van der Waals surface area contributed by atoms with Gasteiger partial charge in [-0.25, -0.2) is 0 Å². The lowest BCUT2D eigenvalue weighted by molar-refractivity contribution is -0.384. The van der Waals surface area contributed by atoms with Crippen LogP contribution in [0.2, 0.25) is 0 Å². The van der Waals surface area contributed by atoms with Gasteiger partial charge in [0.2, 0.25) is 5.82 Å². The van der Waals surface area contributed by atoms with Crippen molar-refractivity contribution < 1.29 is 4.92 Å². The maximum atomic E-state index is 11.0. The number of aryl methyl sites for hydroxylation is 1. The number of hydrogen-bond donors (Lipinski definition) is 1. The number of nitrogens with one attached hydrogen (secondary N) is 1. The summed E-state index contributed by atoms with van der Waals surface area (Å²) in [6, 6.07) is 4.09. The normalized spacial score (nSPS) is 12.3. The van der Waals surface area contributed by atoms with Crippen LogP contribution in [0.5, 0.6) is 0 Å².